The van der Waals surface area contributed by atoms with Gasteiger partial charge in [0.2, 0.25) is 0 Å². The number of carbonyl (C=O) groups is 2. The van der Waals surface area contributed by atoms with Crippen molar-refractivity contribution in [3.05, 3.63) is 28.8 Å². The molecule has 2 amide bonds. The summed E-state index contributed by atoms with van der Waals surface area (Å²) >= 11 is 5.81. The van der Waals surface area contributed by atoms with Crippen LogP contribution < -0.4 is 5.32 Å². The fourth-order valence-electron chi connectivity index (χ4n) is 2.40. The summed E-state index contributed by atoms with van der Waals surface area (Å²) in [6, 6.07) is 4.30. The quantitative estimate of drug-likeness (QED) is 0.878. The van der Waals surface area contributed by atoms with E-state index < -0.39 is 5.97 Å². The summed E-state index contributed by atoms with van der Waals surface area (Å²) < 4.78 is 0. The number of carboxylic acid groups (broad SMARTS) is 1. The van der Waals surface area contributed by atoms with Gasteiger partial charge in [0, 0.05) is 31.4 Å². The summed E-state index contributed by atoms with van der Waals surface area (Å²) in [7, 11) is 2.02. The number of carbonyl (C=O) groups excluding carboxylic acids is 1. The van der Waals surface area contributed by atoms with Gasteiger partial charge in [0.15, 0.2) is 0 Å². The molecule has 1 aromatic carbocycles. The lowest BCUT2D eigenvalue weighted by molar-refractivity contribution is 0.0697. The van der Waals surface area contributed by atoms with Crippen molar-refractivity contribution in [2.24, 2.45) is 0 Å². The van der Waals surface area contributed by atoms with Gasteiger partial charge in [-0.05, 0) is 32.2 Å². The average molecular weight is 312 g/mol. The van der Waals surface area contributed by atoms with Crippen LogP contribution in [0.15, 0.2) is 18.2 Å². The van der Waals surface area contributed by atoms with E-state index in [-0.39, 0.29) is 22.7 Å². The van der Waals surface area contributed by atoms with Crippen molar-refractivity contribution in [2.75, 3.05) is 32.0 Å². The minimum absolute atomic E-state index is 0.0270. The van der Waals surface area contributed by atoms with Crippen LogP contribution in [0.2, 0.25) is 5.02 Å². The number of urea groups is 1. The molecule has 1 unspecified atom stereocenters. The SMILES string of the molecule is CC1CN(C)CCN1C(=O)Nc1ccc(Cl)c(C(=O)O)c1. The van der Waals surface area contributed by atoms with Gasteiger partial charge in [-0.2, -0.15) is 0 Å². The van der Waals surface area contributed by atoms with Gasteiger partial charge in [-0.3, -0.25) is 0 Å². The van der Waals surface area contributed by atoms with Gasteiger partial charge in [-0.1, -0.05) is 11.6 Å². The second-order valence-electron chi connectivity index (χ2n) is 5.23. The largest absolute Gasteiger partial charge is 0.478 e. The first kappa shape index (κ1) is 15.6. The van der Waals surface area contributed by atoms with Crippen molar-refractivity contribution in [1.29, 1.82) is 0 Å². The molecule has 1 saturated heterocycles. The molecule has 1 fully saturated rings. The Balaban J connectivity index is 2.09. The summed E-state index contributed by atoms with van der Waals surface area (Å²) in [5.41, 5.74) is 0.397. The molecule has 0 aliphatic carbocycles. The van der Waals surface area contributed by atoms with Crippen molar-refractivity contribution in [2.45, 2.75) is 13.0 Å². The van der Waals surface area contributed by atoms with Gasteiger partial charge in [0.25, 0.3) is 0 Å². The number of likely N-dealkylation sites (N-methyl/N-ethyl adjacent to an activating group) is 1. The summed E-state index contributed by atoms with van der Waals surface area (Å²) in [6.45, 7) is 4.26. The molecule has 1 atom stereocenters. The fraction of sp³-hybridized carbons (Fsp3) is 0.429. The molecular weight excluding hydrogens is 294 g/mol. The Morgan fingerprint density at radius 2 is 2.10 bits per heavy atom. The lowest BCUT2D eigenvalue weighted by Crippen LogP contribution is -2.53. The number of piperazine rings is 1. The number of carboxylic acids is 1. The first-order valence-corrected chi connectivity index (χ1v) is 7.05. The molecule has 6 nitrogen and oxygen atoms in total. The van der Waals surface area contributed by atoms with Crippen LogP contribution in [0.25, 0.3) is 0 Å². The van der Waals surface area contributed by atoms with E-state index in [0.717, 1.165) is 13.1 Å². The second-order valence-corrected chi connectivity index (χ2v) is 5.64. The third-order valence-electron chi connectivity index (χ3n) is 3.54. The molecule has 21 heavy (non-hydrogen) atoms. The minimum Gasteiger partial charge on any atom is -0.478 e. The van der Waals surface area contributed by atoms with Crippen molar-refractivity contribution < 1.29 is 14.7 Å². The van der Waals surface area contributed by atoms with Crippen molar-refractivity contribution in [1.82, 2.24) is 9.80 Å². The molecule has 1 aliphatic rings. The summed E-state index contributed by atoms with van der Waals surface area (Å²) in [4.78, 5) is 27.2. The number of hydrogen-bond acceptors (Lipinski definition) is 3. The predicted molar refractivity (Wildman–Crippen MR) is 81.1 cm³/mol. The second kappa shape index (κ2) is 6.32. The van der Waals surface area contributed by atoms with Crippen LogP contribution >= 0.6 is 11.6 Å². The number of nitrogens with one attached hydrogen (secondary N) is 1. The van der Waals surface area contributed by atoms with Crippen molar-refractivity contribution in [3.63, 3.8) is 0 Å². The molecule has 0 saturated carbocycles. The lowest BCUT2D eigenvalue weighted by atomic mass is 10.2. The number of nitrogens with zero attached hydrogens (tertiary/aromatic N) is 2. The molecule has 7 heteroatoms. The highest BCUT2D eigenvalue weighted by atomic mass is 35.5. The van der Waals surface area contributed by atoms with Gasteiger partial charge in [-0.25, -0.2) is 9.59 Å². The van der Waals surface area contributed by atoms with E-state index in [2.05, 4.69) is 10.2 Å². The zero-order valence-electron chi connectivity index (χ0n) is 12.0. The summed E-state index contributed by atoms with van der Waals surface area (Å²) in [5, 5.41) is 11.9. The lowest BCUT2D eigenvalue weighted by Gasteiger charge is -2.38. The maximum absolute atomic E-state index is 12.3. The Kier molecular flexibility index (Phi) is 4.69. The predicted octanol–water partition coefficient (Wildman–Crippen LogP) is 2.21. The maximum atomic E-state index is 12.3. The first-order valence-electron chi connectivity index (χ1n) is 6.67. The fourth-order valence-corrected chi connectivity index (χ4v) is 2.60. The molecule has 2 N–H and O–H groups in total. The highest BCUT2D eigenvalue weighted by Crippen LogP contribution is 2.21. The Labute approximate surface area is 128 Å². The average Bonchev–Trinajstić information content (AvgIpc) is 2.40. The molecule has 0 spiro atoms. The van der Waals surface area contributed by atoms with Crippen LogP contribution in [0.5, 0.6) is 0 Å². The normalized spacial score (nSPS) is 19.4. The number of halogens is 1. The molecule has 1 heterocycles. The van der Waals surface area contributed by atoms with Gasteiger partial charge in [0.1, 0.15) is 0 Å². The Morgan fingerprint density at radius 1 is 1.38 bits per heavy atom. The standard InChI is InChI=1S/C14H18ClN3O3/c1-9-8-17(2)5-6-18(9)14(21)16-10-3-4-12(15)11(7-10)13(19)20/h3-4,7,9H,5-6,8H2,1-2H3,(H,16,21)(H,19,20). The molecule has 1 aromatic rings. The van der Waals surface area contributed by atoms with Crippen LogP contribution in [-0.4, -0.2) is 59.6 Å². The minimum atomic E-state index is -1.12. The zero-order chi connectivity index (χ0) is 15.6. The van der Waals surface area contributed by atoms with E-state index in [4.69, 9.17) is 16.7 Å². The maximum Gasteiger partial charge on any atom is 0.337 e. The van der Waals surface area contributed by atoms with E-state index >= 15 is 0 Å². The molecule has 114 valence electrons. The van der Waals surface area contributed by atoms with E-state index in [1.807, 2.05) is 14.0 Å². The Bertz CT molecular complexity index is 564. The summed E-state index contributed by atoms with van der Waals surface area (Å²) in [6.07, 6.45) is 0. The van der Waals surface area contributed by atoms with Gasteiger partial charge >= 0.3 is 12.0 Å². The number of benzene rings is 1. The Morgan fingerprint density at radius 3 is 2.71 bits per heavy atom. The van der Waals surface area contributed by atoms with E-state index in [1.165, 1.54) is 12.1 Å². The van der Waals surface area contributed by atoms with Crippen LogP contribution in [-0.2, 0) is 0 Å². The topological polar surface area (TPSA) is 72.9 Å². The smallest absolute Gasteiger partial charge is 0.337 e. The summed E-state index contributed by atoms with van der Waals surface area (Å²) in [5.74, 6) is -1.12. The monoisotopic (exact) mass is 311 g/mol. The first-order chi connectivity index (χ1) is 9.88. The van der Waals surface area contributed by atoms with Gasteiger partial charge in [-0.15, -0.1) is 0 Å². The molecule has 1 aliphatic heterocycles. The molecule has 0 radical (unpaired) electrons. The number of amides is 2. The molecule has 0 bridgehead atoms. The van der Waals surface area contributed by atoms with Crippen LogP contribution in [0.1, 0.15) is 17.3 Å². The molecular formula is C14H18ClN3O3. The van der Waals surface area contributed by atoms with E-state index in [9.17, 15) is 9.59 Å². The van der Waals surface area contributed by atoms with Crippen molar-refractivity contribution >= 4 is 29.3 Å². The van der Waals surface area contributed by atoms with Gasteiger partial charge < -0.3 is 20.2 Å². The molecule has 2 rings (SSSR count). The van der Waals surface area contributed by atoms with E-state index in [1.54, 1.807) is 11.0 Å². The van der Waals surface area contributed by atoms with Crippen molar-refractivity contribution in [3.8, 4) is 0 Å². The Hall–Kier alpha value is -1.79. The van der Waals surface area contributed by atoms with Crippen LogP contribution in [0, 0.1) is 0 Å². The van der Waals surface area contributed by atoms with Crippen LogP contribution in [0.4, 0.5) is 10.5 Å². The van der Waals surface area contributed by atoms with Gasteiger partial charge in [0.05, 0.1) is 10.6 Å². The third-order valence-corrected chi connectivity index (χ3v) is 3.87. The zero-order valence-corrected chi connectivity index (χ0v) is 12.7. The number of rotatable bonds is 2. The number of hydrogen-bond donors (Lipinski definition) is 2. The molecule has 0 aromatic heterocycles. The number of anilines is 1. The number of aromatic carboxylic acids is 1. The van der Waals surface area contributed by atoms with E-state index in [0.29, 0.717) is 12.2 Å². The highest BCUT2D eigenvalue weighted by molar-refractivity contribution is 6.33. The highest BCUT2D eigenvalue weighted by Gasteiger charge is 2.25. The van der Waals surface area contributed by atoms with Crippen LogP contribution in [0.3, 0.4) is 0 Å². The third kappa shape index (κ3) is 3.65.